The molecule has 0 spiro atoms. The molecule has 0 atom stereocenters. The van der Waals surface area contributed by atoms with Crippen LogP contribution in [0, 0.1) is 5.41 Å². The summed E-state index contributed by atoms with van der Waals surface area (Å²) in [5.74, 6) is 2.57. The Kier molecular flexibility index (Phi) is 6.42. The van der Waals surface area contributed by atoms with Crippen LogP contribution >= 0.6 is 0 Å². The first kappa shape index (κ1) is 24.5. The third kappa shape index (κ3) is 5.05. The van der Waals surface area contributed by atoms with E-state index in [-0.39, 0.29) is 23.4 Å². The number of fused-ring (bicyclic) bond motifs is 2. The highest BCUT2D eigenvalue weighted by Gasteiger charge is 2.28. The van der Waals surface area contributed by atoms with Crippen LogP contribution < -0.4 is 14.2 Å². The number of nitrogens with zero attached hydrogens (tertiary/aromatic N) is 1. The number of ether oxygens (including phenoxy) is 3. The van der Waals surface area contributed by atoms with E-state index in [4.69, 9.17) is 14.2 Å². The summed E-state index contributed by atoms with van der Waals surface area (Å²) in [4.78, 5) is 29.8. The molecule has 6 nitrogen and oxygen atoms in total. The highest BCUT2D eigenvalue weighted by Crippen LogP contribution is 2.38. The van der Waals surface area contributed by atoms with Gasteiger partial charge < -0.3 is 14.2 Å². The second-order valence-electron chi connectivity index (χ2n) is 10.2. The van der Waals surface area contributed by atoms with E-state index in [0.717, 1.165) is 33.7 Å². The molecule has 1 heterocycles. The monoisotopic (exact) mass is 495 g/mol. The maximum atomic E-state index is 13.3. The SMILES string of the molecule is COc1cc2nccc(Oc3ccc4c(C(=O)CC5=CC(=O)CC(C)(C)C5)cccc4c3)c2cc1OC. The number of rotatable bonds is 7. The smallest absolute Gasteiger partial charge is 0.167 e. The van der Waals surface area contributed by atoms with Crippen molar-refractivity contribution in [3.05, 3.63) is 78.0 Å². The summed E-state index contributed by atoms with van der Waals surface area (Å²) < 4.78 is 17.1. The lowest BCUT2D eigenvalue weighted by molar-refractivity contribution is -0.117. The molecule has 4 aromatic rings. The number of benzene rings is 3. The molecule has 1 aliphatic rings. The zero-order valence-corrected chi connectivity index (χ0v) is 21.5. The van der Waals surface area contributed by atoms with Crippen molar-refractivity contribution in [1.82, 2.24) is 4.98 Å². The van der Waals surface area contributed by atoms with Crippen LogP contribution in [-0.2, 0) is 4.79 Å². The maximum absolute atomic E-state index is 13.3. The zero-order valence-electron chi connectivity index (χ0n) is 21.5. The van der Waals surface area contributed by atoms with Gasteiger partial charge in [0.25, 0.3) is 0 Å². The van der Waals surface area contributed by atoms with Gasteiger partial charge in [-0.05, 0) is 59.0 Å². The summed E-state index contributed by atoms with van der Waals surface area (Å²) >= 11 is 0. The topological polar surface area (TPSA) is 74.7 Å². The molecule has 0 fully saturated rings. The molecule has 0 radical (unpaired) electrons. The van der Waals surface area contributed by atoms with Crippen molar-refractivity contribution >= 4 is 33.2 Å². The third-order valence-corrected chi connectivity index (χ3v) is 6.70. The number of Topliss-reactive ketones (excluding diaryl/α,β-unsaturated/α-hetero) is 1. The average Bonchev–Trinajstić information content (AvgIpc) is 2.86. The normalized spacial score (nSPS) is 14.9. The van der Waals surface area contributed by atoms with Crippen molar-refractivity contribution in [1.29, 1.82) is 0 Å². The Labute approximate surface area is 215 Å². The van der Waals surface area contributed by atoms with Crippen molar-refractivity contribution in [2.45, 2.75) is 33.1 Å². The number of hydrogen-bond donors (Lipinski definition) is 0. The first-order chi connectivity index (χ1) is 17.8. The van der Waals surface area contributed by atoms with Crippen LogP contribution in [0.3, 0.4) is 0 Å². The summed E-state index contributed by atoms with van der Waals surface area (Å²) in [5.41, 5.74) is 2.16. The molecule has 0 amide bonds. The van der Waals surface area contributed by atoms with Crippen LogP contribution in [0.25, 0.3) is 21.7 Å². The van der Waals surface area contributed by atoms with Crippen LogP contribution in [0.1, 0.15) is 43.5 Å². The molecular weight excluding hydrogens is 466 g/mol. The summed E-state index contributed by atoms with van der Waals surface area (Å²) in [6.45, 7) is 4.14. The predicted octanol–water partition coefficient (Wildman–Crippen LogP) is 7.09. The number of aromatic nitrogens is 1. The van der Waals surface area contributed by atoms with Gasteiger partial charge in [-0.2, -0.15) is 0 Å². The molecule has 6 heteroatoms. The van der Waals surface area contributed by atoms with Gasteiger partial charge in [0.05, 0.1) is 19.7 Å². The maximum Gasteiger partial charge on any atom is 0.167 e. The molecule has 0 N–H and O–H groups in total. The number of methoxy groups -OCH3 is 2. The van der Waals surface area contributed by atoms with Gasteiger partial charge in [-0.1, -0.05) is 37.6 Å². The van der Waals surface area contributed by atoms with Crippen LogP contribution in [-0.4, -0.2) is 30.8 Å². The van der Waals surface area contributed by atoms with Crippen molar-refractivity contribution in [3.63, 3.8) is 0 Å². The Morgan fingerprint density at radius 3 is 2.46 bits per heavy atom. The molecule has 0 unspecified atom stereocenters. The Bertz CT molecular complexity index is 1570. The van der Waals surface area contributed by atoms with E-state index in [2.05, 4.69) is 18.8 Å². The summed E-state index contributed by atoms with van der Waals surface area (Å²) in [5, 5.41) is 2.55. The quantitative estimate of drug-likeness (QED) is 0.255. The molecule has 0 bridgehead atoms. The number of carbonyl (C=O) groups excluding carboxylic acids is 2. The highest BCUT2D eigenvalue weighted by molar-refractivity contribution is 6.09. The summed E-state index contributed by atoms with van der Waals surface area (Å²) in [6.07, 6.45) is 4.87. The van der Waals surface area contributed by atoms with Gasteiger partial charge in [-0.15, -0.1) is 0 Å². The lowest BCUT2D eigenvalue weighted by Gasteiger charge is -2.28. The van der Waals surface area contributed by atoms with E-state index in [1.165, 1.54) is 0 Å². The molecule has 1 aliphatic carbocycles. The number of ketones is 2. The third-order valence-electron chi connectivity index (χ3n) is 6.70. The Hall–Kier alpha value is -4.19. The predicted molar refractivity (Wildman–Crippen MR) is 144 cm³/mol. The van der Waals surface area contributed by atoms with Crippen molar-refractivity contribution in [2.75, 3.05) is 14.2 Å². The van der Waals surface area contributed by atoms with Crippen LogP contribution in [0.5, 0.6) is 23.0 Å². The first-order valence-corrected chi connectivity index (χ1v) is 12.2. The zero-order chi connectivity index (χ0) is 26.2. The minimum Gasteiger partial charge on any atom is -0.493 e. The van der Waals surface area contributed by atoms with E-state index in [1.807, 2.05) is 48.5 Å². The van der Waals surface area contributed by atoms with E-state index in [0.29, 0.717) is 35.0 Å². The fourth-order valence-corrected chi connectivity index (χ4v) is 5.13. The van der Waals surface area contributed by atoms with Crippen LogP contribution in [0.4, 0.5) is 0 Å². The fourth-order valence-electron chi connectivity index (χ4n) is 5.13. The molecule has 37 heavy (non-hydrogen) atoms. The molecule has 0 saturated carbocycles. The van der Waals surface area contributed by atoms with Crippen molar-refractivity contribution < 1.29 is 23.8 Å². The Balaban J connectivity index is 1.44. The fraction of sp³-hybridized carbons (Fsp3) is 0.258. The second kappa shape index (κ2) is 9.69. The first-order valence-electron chi connectivity index (χ1n) is 12.2. The average molecular weight is 496 g/mol. The standard InChI is InChI=1S/C31H29NO5/c1-31(2)17-19(12-21(33)18-31)13-27(34)24-7-5-6-20-14-22(8-9-23(20)24)37-28-10-11-32-26-16-30(36-4)29(35-3)15-25(26)28/h5-12,14-16H,13,17-18H2,1-4H3. The van der Waals surface area contributed by atoms with E-state index < -0.39 is 0 Å². The van der Waals surface area contributed by atoms with Gasteiger partial charge in [-0.25, -0.2) is 0 Å². The van der Waals surface area contributed by atoms with Crippen molar-refractivity contribution in [2.24, 2.45) is 5.41 Å². The molecular formula is C31H29NO5. The molecule has 0 aliphatic heterocycles. The lowest BCUT2D eigenvalue weighted by atomic mass is 9.75. The van der Waals surface area contributed by atoms with E-state index in [9.17, 15) is 9.59 Å². The number of hydrogen-bond acceptors (Lipinski definition) is 6. The molecule has 188 valence electrons. The van der Waals surface area contributed by atoms with Crippen LogP contribution in [0.2, 0.25) is 0 Å². The Morgan fingerprint density at radius 2 is 1.70 bits per heavy atom. The van der Waals surface area contributed by atoms with Gasteiger partial charge in [0, 0.05) is 36.1 Å². The minimum atomic E-state index is -0.112. The summed E-state index contributed by atoms with van der Waals surface area (Å²) in [6, 6.07) is 16.8. The van der Waals surface area contributed by atoms with Gasteiger partial charge in [0.15, 0.2) is 23.1 Å². The van der Waals surface area contributed by atoms with E-state index >= 15 is 0 Å². The van der Waals surface area contributed by atoms with Gasteiger partial charge >= 0.3 is 0 Å². The lowest BCUT2D eigenvalue weighted by Crippen LogP contribution is -2.22. The highest BCUT2D eigenvalue weighted by atomic mass is 16.5. The number of carbonyl (C=O) groups is 2. The molecule has 0 saturated heterocycles. The van der Waals surface area contributed by atoms with Crippen molar-refractivity contribution in [3.8, 4) is 23.0 Å². The number of allylic oxidation sites excluding steroid dienone is 2. The second-order valence-corrected chi connectivity index (χ2v) is 10.2. The van der Waals surface area contributed by atoms with Gasteiger partial charge in [0.2, 0.25) is 0 Å². The molecule has 5 rings (SSSR count). The summed E-state index contributed by atoms with van der Waals surface area (Å²) in [7, 11) is 3.18. The van der Waals surface area contributed by atoms with Gasteiger partial charge in [-0.3, -0.25) is 14.6 Å². The molecule has 3 aromatic carbocycles. The van der Waals surface area contributed by atoms with E-state index in [1.54, 1.807) is 32.6 Å². The van der Waals surface area contributed by atoms with Gasteiger partial charge in [0.1, 0.15) is 11.5 Å². The molecule has 1 aromatic heterocycles. The minimum absolute atomic E-state index is 0.0113. The van der Waals surface area contributed by atoms with Crippen LogP contribution in [0.15, 0.2) is 72.4 Å². The largest absolute Gasteiger partial charge is 0.493 e. The Morgan fingerprint density at radius 1 is 0.919 bits per heavy atom. The number of pyridine rings is 1.